The average Bonchev–Trinajstić information content (AvgIpc) is 2.45. The molecule has 0 aliphatic carbocycles. The summed E-state index contributed by atoms with van der Waals surface area (Å²) in [6, 6.07) is 0. The highest BCUT2D eigenvalue weighted by Gasteiger charge is 2.41. The smallest absolute Gasteiger partial charge is 0.231 e. The van der Waals surface area contributed by atoms with Gasteiger partial charge in [0.15, 0.2) is 0 Å². The molecule has 0 bridgehead atoms. The maximum atomic E-state index is 12.9. The molecule has 1 heterocycles. The summed E-state index contributed by atoms with van der Waals surface area (Å²) >= 11 is 0. The first kappa shape index (κ1) is 16.4. The van der Waals surface area contributed by atoms with Gasteiger partial charge in [0.2, 0.25) is 5.91 Å². The molecule has 0 aromatic carbocycles. The van der Waals surface area contributed by atoms with Gasteiger partial charge in [-0.05, 0) is 38.8 Å². The second kappa shape index (κ2) is 7.85. The fourth-order valence-corrected chi connectivity index (χ4v) is 2.80. The van der Waals surface area contributed by atoms with Gasteiger partial charge in [0.25, 0.3) is 0 Å². The lowest BCUT2D eigenvalue weighted by Gasteiger charge is -2.40. The number of piperidine rings is 1. The molecule has 112 valence electrons. The molecular formula is C15H30N2O2. The Morgan fingerprint density at radius 1 is 1.37 bits per heavy atom. The van der Waals surface area contributed by atoms with E-state index in [0.29, 0.717) is 18.4 Å². The molecule has 0 aromatic rings. The van der Waals surface area contributed by atoms with Gasteiger partial charge >= 0.3 is 0 Å². The van der Waals surface area contributed by atoms with Crippen molar-refractivity contribution in [2.45, 2.75) is 40.0 Å². The highest BCUT2D eigenvalue weighted by molar-refractivity contribution is 5.83. The zero-order chi connectivity index (χ0) is 14.3. The summed E-state index contributed by atoms with van der Waals surface area (Å²) in [5, 5.41) is 3.34. The minimum absolute atomic E-state index is 0.290. The topological polar surface area (TPSA) is 41.6 Å². The Morgan fingerprint density at radius 2 is 2.00 bits per heavy atom. The number of amides is 1. The van der Waals surface area contributed by atoms with Crippen LogP contribution in [0.15, 0.2) is 0 Å². The second-order valence-corrected chi connectivity index (χ2v) is 5.82. The molecule has 0 aromatic heterocycles. The van der Waals surface area contributed by atoms with Crippen molar-refractivity contribution in [3.8, 4) is 0 Å². The van der Waals surface area contributed by atoms with Crippen molar-refractivity contribution >= 4 is 5.91 Å². The van der Waals surface area contributed by atoms with Crippen LogP contribution in [0.2, 0.25) is 0 Å². The van der Waals surface area contributed by atoms with E-state index in [1.54, 1.807) is 7.11 Å². The lowest BCUT2D eigenvalue weighted by atomic mass is 9.78. The molecule has 1 fully saturated rings. The van der Waals surface area contributed by atoms with Gasteiger partial charge in [-0.25, -0.2) is 0 Å². The van der Waals surface area contributed by atoms with Crippen molar-refractivity contribution in [3.05, 3.63) is 0 Å². The number of nitrogens with zero attached hydrogens (tertiary/aromatic N) is 1. The summed E-state index contributed by atoms with van der Waals surface area (Å²) in [5.41, 5.74) is -0.302. The SMILES string of the molecule is CCC(C)CN(CC)C(=O)C1(COC)CCNCC1. The monoisotopic (exact) mass is 270 g/mol. The van der Waals surface area contributed by atoms with Crippen LogP contribution >= 0.6 is 0 Å². The average molecular weight is 270 g/mol. The van der Waals surface area contributed by atoms with Crippen molar-refractivity contribution in [2.75, 3.05) is 39.9 Å². The quantitative estimate of drug-likeness (QED) is 0.768. The zero-order valence-corrected chi connectivity index (χ0v) is 13.0. The van der Waals surface area contributed by atoms with E-state index < -0.39 is 0 Å². The lowest BCUT2D eigenvalue weighted by Crippen LogP contribution is -2.52. The molecule has 19 heavy (non-hydrogen) atoms. The minimum Gasteiger partial charge on any atom is -0.384 e. The van der Waals surface area contributed by atoms with E-state index in [1.807, 2.05) is 4.90 Å². The molecule has 1 aliphatic rings. The van der Waals surface area contributed by atoms with E-state index in [0.717, 1.165) is 45.4 Å². The summed E-state index contributed by atoms with van der Waals surface area (Å²) in [5.74, 6) is 0.851. The fraction of sp³-hybridized carbons (Fsp3) is 0.933. The van der Waals surface area contributed by atoms with Crippen LogP contribution in [0.1, 0.15) is 40.0 Å². The van der Waals surface area contributed by atoms with Crippen molar-refractivity contribution in [3.63, 3.8) is 0 Å². The highest BCUT2D eigenvalue weighted by atomic mass is 16.5. The molecule has 1 amide bonds. The zero-order valence-electron chi connectivity index (χ0n) is 13.0. The molecule has 0 radical (unpaired) electrons. The maximum Gasteiger partial charge on any atom is 0.231 e. The van der Waals surface area contributed by atoms with Crippen LogP contribution in [0.5, 0.6) is 0 Å². The fourth-order valence-electron chi connectivity index (χ4n) is 2.80. The van der Waals surface area contributed by atoms with Crippen LogP contribution in [0.3, 0.4) is 0 Å². The van der Waals surface area contributed by atoms with Gasteiger partial charge < -0.3 is 15.0 Å². The molecule has 4 nitrogen and oxygen atoms in total. The number of ether oxygens (including phenoxy) is 1. The van der Waals surface area contributed by atoms with Gasteiger partial charge in [0, 0.05) is 20.2 Å². The van der Waals surface area contributed by atoms with Gasteiger partial charge in [-0.3, -0.25) is 4.79 Å². The Labute approximate surface area is 117 Å². The van der Waals surface area contributed by atoms with E-state index in [1.165, 1.54) is 0 Å². The van der Waals surface area contributed by atoms with Crippen LogP contribution in [0, 0.1) is 11.3 Å². The number of rotatable bonds is 7. The molecule has 1 N–H and O–H groups in total. The first-order valence-corrected chi connectivity index (χ1v) is 7.58. The largest absolute Gasteiger partial charge is 0.384 e. The molecule has 1 atom stereocenters. The molecule has 1 rings (SSSR count). The molecule has 1 aliphatic heterocycles. The van der Waals surface area contributed by atoms with E-state index in [9.17, 15) is 4.79 Å². The van der Waals surface area contributed by atoms with Gasteiger partial charge in [-0.15, -0.1) is 0 Å². The maximum absolute atomic E-state index is 12.9. The van der Waals surface area contributed by atoms with Crippen molar-refractivity contribution in [1.29, 1.82) is 0 Å². The number of carbonyl (C=O) groups is 1. The highest BCUT2D eigenvalue weighted by Crippen LogP contribution is 2.32. The van der Waals surface area contributed by atoms with Crippen molar-refractivity contribution < 1.29 is 9.53 Å². The number of methoxy groups -OCH3 is 1. The summed E-state index contributed by atoms with van der Waals surface area (Å²) in [6.45, 7) is 10.5. The Balaban J connectivity index is 2.78. The molecule has 4 heteroatoms. The number of hydrogen-bond acceptors (Lipinski definition) is 3. The van der Waals surface area contributed by atoms with Crippen LogP contribution in [-0.4, -0.2) is 50.7 Å². The van der Waals surface area contributed by atoms with Gasteiger partial charge in [0.05, 0.1) is 12.0 Å². The Hall–Kier alpha value is -0.610. The Morgan fingerprint density at radius 3 is 2.47 bits per heavy atom. The molecule has 0 saturated carbocycles. The van der Waals surface area contributed by atoms with Gasteiger partial charge in [-0.1, -0.05) is 20.3 Å². The summed E-state index contributed by atoms with van der Waals surface area (Å²) in [4.78, 5) is 14.9. The first-order chi connectivity index (χ1) is 9.09. The predicted octanol–water partition coefficient (Wildman–Crippen LogP) is 1.90. The number of nitrogens with one attached hydrogen (secondary N) is 1. The third-order valence-corrected chi connectivity index (χ3v) is 4.33. The van der Waals surface area contributed by atoms with Crippen LogP contribution < -0.4 is 5.32 Å². The van der Waals surface area contributed by atoms with Crippen LogP contribution in [-0.2, 0) is 9.53 Å². The minimum atomic E-state index is -0.302. The van der Waals surface area contributed by atoms with Crippen LogP contribution in [0.25, 0.3) is 0 Å². The lowest BCUT2D eigenvalue weighted by molar-refractivity contribution is -0.148. The van der Waals surface area contributed by atoms with Crippen molar-refractivity contribution in [2.24, 2.45) is 11.3 Å². The summed E-state index contributed by atoms with van der Waals surface area (Å²) < 4.78 is 5.36. The Bertz CT molecular complexity index is 270. The Kier molecular flexibility index (Phi) is 6.80. The normalized spacial score (nSPS) is 20.0. The van der Waals surface area contributed by atoms with E-state index in [-0.39, 0.29) is 5.41 Å². The third-order valence-electron chi connectivity index (χ3n) is 4.33. The third kappa shape index (κ3) is 4.18. The molecule has 1 saturated heterocycles. The second-order valence-electron chi connectivity index (χ2n) is 5.82. The summed E-state index contributed by atoms with van der Waals surface area (Å²) in [6.07, 6.45) is 2.88. The van der Waals surface area contributed by atoms with Gasteiger partial charge in [0.1, 0.15) is 0 Å². The predicted molar refractivity (Wildman–Crippen MR) is 78.1 cm³/mol. The molecular weight excluding hydrogens is 240 g/mol. The van der Waals surface area contributed by atoms with E-state index in [4.69, 9.17) is 4.74 Å². The van der Waals surface area contributed by atoms with E-state index in [2.05, 4.69) is 26.1 Å². The number of hydrogen-bond donors (Lipinski definition) is 1. The number of carbonyl (C=O) groups excluding carboxylic acids is 1. The van der Waals surface area contributed by atoms with Crippen LogP contribution in [0.4, 0.5) is 0 Å². The standard InChI is InChI=1S/C15H30N2O2/c1-5-13(3)11-17(6-2)14(18)15(12-19-4)7-9-16-10-8-15/h13,16H,5-12H2,1-4H3. The molecule has 0 spiro atoms. The van der Waals surface area contributed by atoms with Crippen molar-refractivity contribution in [1.82, 2.24) is 10.2 Å². The molecule has 1 unspecified atom stereocenters. The summed E-state index contributed by atoms with van der Waals surface area (Å²) in [7, 11) is 1.70. The first-order valence-electron chi connectivity index (χ1n) is 7.58. The van der Waals surface area contributed by atoms with Gasteiger partial charge in [-0.2, -0.15) is 0 Å². The van der Waals surface area contributed by atoms with E-state index >= 15 is 0 Å².